The molecular formula is C15H16N4. The molecule has 0 saturated heterocycles. The van der Waals surface area contributed by atoms with Crippen LogP contribution in [-0.4, -0.2) is 14.5 Å². The SMILES string of the molecule is Cn1ccnc1CC(N)c1ccc2ncccc2c1. The summed E-state index contributed by atoms with van der Waals surface area (Å²) in [6, 6.07) is 10.1. The van der Waals surface area contributed by atoms with Gasteiger partial charge >= 0.3 is 0 Å². The maximum absolute atomic E-state index is 6.27. The van der Waals surface area contributed by atoms with Crippen molar-refractivity contribution in [1.29, 1.82) is 0 Å². The van der Waals surface area contributed by atoms with E-state index in [1.165, 1.54) is 0 Å². The Morgan fingerprint density at radius 2 is 2.11 bits per heavy atom. The second-order valence-electron chi connectivity index (χ2n) is 4.72. The van der Waals surface area contributed by atoms with Gasteiger partial charge in [-0.3, -0.25) is 4.98 Å². The first kappa shape index (κ1) is 11.9. The molecule has 96 valence electrons. The molecular weight excluding hydrogens is 236 g/mol. The Morgan fingerprint density at radius 3 is 2.89 bits per heavy atom. The van der Waals surface area contributed by atoms with Crippen LogP contribution in [0.4, 0.5) is 0 Å². The highest BCUT2D eigenvalue weighted by molar-refractivity contribution is 5.79. The van der Waals surface area contributed by atoms with Crippen molar-refractivity contribution in [3.63, 3.8) is 0 Å². The molecule has 0 aliphatic heterocycles. The first-order valence-electron chi connectivity index (χ1n) is 6.30. The number of imidazole rings is 1. The summed E-state index contributed by atoms with van der Waals surface area (Å²) in [4.78, 5) is 8.63. The van der Waals surface area contributed by atoms with Gasteiger partial charge in [-0.05, 0) is 23.8 Å². The minimum Gasteiger partial charge on any atom is -0.338 e. The van der Waals surface area contributed by atoms with Crippen LogP contribution >= 0.6 is 0 Å². The third-order valence-corrected chi connectivity index (χ3v) is 3.38. The van der Waals surface area contributed by atoms with E-state index < -0.39 is 0 Å². The molecule has 4 heteroatoms. The molecule has 1 aromatic carbocycles. The van der Waals surface area contributed by atoms with Crippen molar-refractivity contribution in [2.75, 3.05) is 0 Å². The molecule has 0 spiro atoms. The Bertz CT molecular complexity index is 702. The molecule has 0 aliphatic rings. The summed E-state index contributed by atoms with van der Waals surface area (Å²) >= 11 is 0. The van der Waals surface area contributed by atoms with Gasteiger partial charge < -0.3 is 10.3 Å². The smallest absolute Gasteiger partial charge is 0.110 e. The predicted octanol–water partition coefficient (Wildman–Crippen LogP) is 2.21. The maximum Gasteiger partial charge on any atom is 0.110 e. The fraction of sp³-hybridized carbons (Fsp3) is 0.200. The maximum atomic E-state index is 6.27. The molecule has 0 fully saturated rings. The van der Waals surface area contributed by atoms with E-state index >= 15 is 0 Å². The van der Waals surface area contributed by atoms with E-state index in [2.05, 4.69) is 22.1 Å². The lowest BCUT2D eigenvalue weighted by Gasteiger charge is -2.12. The number of pyridine rings is 1. The summed E-state index contributed by atoms with van der Waals surface area (Å²) in [5.41, 5.74) is 8.38. The monoisotopic (exact) mass is 252 g/mol. The van der Waals surface area contributed by atoms with Crippen LogP contribution < -0.4 is 5.73 Å². The van der Waals surface area contributed by atoms with Crippen LogP contribution in [0.15, 0.2) is 48.9 Å². The Balaban J connectivity index is 1.89. The van der Waals surface area contributed by atoms with Crippen molar-refractivity contribution in [3.8, 4) is 0 Å². The van der Waals surface area contributed by atoms with Crippen LogP contribution in [0.2, 0.25) is 0 Å². The number of nitrogens with zero attached hydrogens (tertiary/aromatic N) is 3. The lowest BCUT2D eigenvalue weighted by atomic mass is 10.0. The zero-order valence-corrected chi connectivity index (χ0v) is 10.8. The quantitative estimate of drug-likeness (QED) is 0.777. The molecule has 2 heterocycles. The van der Waals surface area contributed by atoms with E-state index in [1.54, 1.807) is 12.4 Å². The fourth-order valence-electron chi connectivity index (χ4n) is 2.23. The van der Waals surface area contributed by atoms with Crippen LogP contribution in [0.5, 0.6) is 0 Å². The number of benzene rings is 1. The third-order valence-electron chi connectivity index (χ3n) is 3.38. The van der Waals surface area contributed by atoms with Gasteiger partial charge in [0.1, 0.15) is 5.82 Å². The fourth-order valence-corrected chi connectivity index (χ4v) is 2.23. The Labute approximate surface area is 111 Å². The van der Waals surface area contributed by atoms with Crippen molar-refractivity contribution < 1.29 is 0 Å². The summed E-state index contributed by atoms with van der Waals surface area (Å²) < 4.78 is 2.00. The molecule has 1 unspecified atom stereocenters. The molecule has 19 heavy (non-hydrogen) atoms. The number of fused-ring (bicyclic) bond motifs is 1. The van der Waals surface area contributed by atoms with Gasteiger partial charge in [0.15, 0.2) is 0 Å². The first-order valence-corrected chi connectivity index (χ1v) is 6.30. The second-order valence-corrected chi connectivity index (χ2v) is 4.72. The van der Waals surface area contributed by atoms with Crippen molar-refractivity contribution >= 4 is 10.9 Å². The van der Waals surface area contributed by atoms with Gasteiger partial charge in [0.2, 0.25) is 0 Å². The van der Waals surface area contributed by atoms with E-state index in [-0.39, 0.29) is 6.04 Å². The molecule has 1 atom stereocenters. The molecule has 0 aliphatic carbocycles. The zero-order chi connectivity index (χ0) is 13.2. The molecule has 4 nitrogen and oxygen atoms in total. The number of aromatic nitrogens is 3. The van der Waals surface area contributed by atoms with E-state index in [9.17, 15) is 0 Å². The number of hydrogen-bond donors (Lipinski definition) is 1. The van der Waals surface area contributed by atoms with E-state index in [0.29, 0.717) is 0 Å². The zero-order valence-electron chi connectivity index (χ0n) is 10.8. The summed E-state index contributed by atoms with van der Waals surface area (Å²) in [6.07, 6.45) is 6.27. The molecule has 0 radical (unpaired) electrons. The Morgan fingerprint density at radius 1 is 1.21 bits per heavy atom. The van der Waals surface area contributed by atoms with Gasteiger partial charge in [0, 0.05) is 43.5 Å². The lowest BCUT2D eigenvalue weighted by molar-refractivity contribution is 0.660. The number of rotatable bonds is 3. The molecule has 2 N–H and O–H groups in total. The Hall–Kier alpha value is -2.20. The molecule has 3 rings (SSSR count). The van der Waals surface area contributed by atoms with Crippen LogP contribution in [0.3, 0.4) is 0 Å². The van der Waals surface area contributed by atoms with Crippen LogP contribution in [0.1, 0.15) is 17.4 Å². The highest BCUT2D eigenvalue weighted by Gasteiger charge is 2.10. The number of nitrogens with two attached hydrogens (primary N) is 1. The summed E-state index contributed by atoms with van der Waals surface area (Å²) in [7, 11) is 1.99. The van der Waals surface area contributed by atoms with Gasteiger partial charge in [-0.2, -0.15) is 0 Å². The van der Waals surface area contributed by atoms with Crippen molar-refractivity contribution in [2.24, 2.45) is 12.8 Å². The van der Waals surface area contributed by atoms with Gasteiger partial charge in [-0.15, -0.1) is 0 Å². The topological polar surface area (TPSA) is 56.7 Å². The van der Waals surface area contributed by atoms with Gasteiger partial charge in [0.05, 0.1) is 5.52 Å². The highest BCUT2D eigenvalue weighted by Crippen LogP contribution is 2.20. The predicted molar refractivity (Wildman–Crippen MR) is 75.6 cm³/mol. The van der Waals surface area contributed by atoms with Gasteiger partial charge in [-0.25, -0.2) is 4.98 Å². The van der Waals surface area contributed by atoms with Crippen LogP contribution in [0, 0.1) is 0 Å². The molecule has 0 amide bonds. The van der Waals surface area contributed by atoms with Crippen LogP contribution in [-0.2, 0) is 13.5 Å². The summed E-state index contributed by atoms with van der Waals surface area (Å²) in [5, 5.41) is 1.12. The number of aryl methyl sites for hydroxylation is 1. The highest BCUT2D eigenvalue weighted by atomic mass is 15.0. The first-order chi connectivity index (χ1) is 9.24. The molecule has 0 bridgehead atoms. The van der Waals surface area contributed by atoms with Crippen LogP contribution in [0.25, 0.3) is 10.9 Å². The molecule has 0 saturated carbocycles. The van der Waals surface area contributed by atoms with Crippen molar-refractivity contribution in [2.45, 2.75) is 12.5 Å². The lowest BCUT2D eigenvalue weighted by Crippen LogP contribution is -2.15. The average molecular weight is 252 g/mol. The minimum atomic E-state index is -0.0503. The summed E-state index contributed by atoms with van der Waals surface area (Å²) in [6.45, 7) is 0. The van der Waals surface area contributed by atoms with E-state index in [4.69, 9.17) is 5.73 Å². The van der Waals surface area contributed by atoms with Crippen molar-refractivity contribution in [1.82, 2.24) is 14.5 Å². The standard InChI is InChI=1S/C15H16N4/c1-19-8-7-18-15(19)10-13(16)11-4-5-14-12(9-11)3-2-6-17-14/h2-9,13H,10,16H2,1H3. The van der Waals surface area contributed by atoms with E-state index in [1.807, 2.05) is 36.0 Å². The molecule has 2 aromatic heterocycles. The van der Waals surface area contributed by atoms with Gasteiger partial charge in [-0.1, -0.05) is 12.1 Å². The molecule has 3 aromatic rings. The summed E-state index contributed by atoms with van der Waals surface area (Å²) in [5.74, 6) is 0.999. The number of hydrogen-bond acceptors (Lipinski definition) is 3. The second kappa shape index (κ2) is 4.82. The van der Waals surface area contributed by atoms with Gasteiger partial charge in [0.25, 0.3) is 0 Å². The van der Waals surface area contributed by atoms with E-state index in [0.717, 1.165) is 28.7 Å². The Kier molecular flexibility index (Phi) is 3.01. The normalized spacial score (nSPS) is 12.7. The average Bonchev–Trinajstić information content (AvgIpc) is 2.84. The largest absolute Gasteiger partial charge is 0.338 e. The minimum absolute atomic E-state index is 0.0503. The third kappa shape index (κ3) is 2.35. The van der Waals surface area contributed by atoms with Crippen molar-refractivity contribution in [3.05, 3.63) is 60.3 Å².